The van der Waals surface area contributed by atoms with Crippen molar-refractivity contribution in [2.45, 2.75) is 82.6 Å². The third-order valence-corrected chi connectivity index (χ3v) is 4.18. The predicted molar refractivity (Wildman–Crippen MR) is 133 cm³/mol. The van der Waals surface area contributed by atoms with Crippen LogP contribution in [0.4, 0.5) is 10.1 Å². The fourth-order valence-corrected chi connectivity index (χ4v) is 2.92. The summed E-state index contributed by atoms with van der Waals surface area (Å²) in [6.07, 6.45) is 2.02. The first-order valence-electron chi connectivity index (χ1n) is 10.4. The van der Waals surface area contributed by atoms with E-state index in [4.69, 9.17) is 4.98 Å². The van der Waals surface area contributed by atoms with Crippen LogP contribution in [0, 0.1) is 25.6 Å². The molecule has 0 N–H and O–H groups in total. The van der Waals surface area contributed by atoms with Crippen molar-refractivity contribution >= 4 is 17.0 Å². The Bertz CT molecular complexity index is 860. The van der Waals surface area contributed by atoms with Gasteiger partial charge in [0.25, 0.3) is 0 Å². The van der Waals surface area contributed by atoms with Gasteiger partial charge in [-0.15, -0.1) is 0 Å². The van der Waals surface area contributed by atoms with Crippen LogP contribution in [-0.4, -0.2) is 10.7 Å². The molecule has 0 amide bonds. The largest absolute Gasteiger partial charge is 0.257 e. The molecule has 0 atom stereocenters. The van der Waals surface area contributed by atoms with Crippen LogP contribution in [-0.2, 0) is 0 Å². The van der Waals surface area contributed by atoms with Gasteiger partial charge in [0.1, 0.15) is 11.5 Å². The molecule has 2 nitrogen and oxygen atoms in total. The number of benzene rings is 1. The first kappa shape index (κ1) is 27.7. The minimum atomic E-state index is -0.292. The molecule has 0 aliphatic rings. The van der Waals surface area contributed by atoms with Gasteiger partial charge in [-0.1, -0.05) is 54.2 Å². The average molecular weight is 413 g/mol. The highest BCUT2D eigenvalue weighted by Gasteiger charge is 2.14. The van der Waals surface area contributed by atoms with E-state index < -0.39 is 0 Å². The second-order valence-electron chi connectivity index (χ2n) is 8.64. The van der Waals surface area contributed by atoms with Crippen molar-refractivity contribution < 1.29 is 4.39 Å². The van der Waals surface area contributed by atoms with Crippen molar-refractivity contribution in [3.63, 3.8) is 0 Å². The molecular weight excluding hydrogens is 371 g/mol. The molecule has 30 heavy (non-hydrogen) atoms. The maximum atomic E-state index is 14.6. The Morgan fingerprint density at radius 3 is 2.00 bits per heavy atom. The molecule has 1 heterocycles. The maximum absolute atomic E-state index is 14.6. The van der Waals surface area contributed by atoms with Gasteiger partial charge in [0.2, 0.25) is 0 Å². The van der Waals surface area contributed by atoms with Gasteiger partial charge in [-0.2, -0.15) is 0 Å². The van der Waals surface area contributed by atoms with E-state index in [0.717, 1.165) is 45.3 Å². The quantitative estimate of drug-likeness (QED) is 0.460. The highest BCUT2D eigenvalue weighted by Crippen LogP contribution is 2.32. The van der Waals surface area contributed by atoms with Crippen LogP contribution in [0.2, 0.25) is 0 Å². The Morgan fingerprint density at radius 2 is 1.60 bits per heavy atom. The van der Waals surface area contributed by atoms with Gasteiger partial charge in [-0.05, 0) is 81.4 Å². The first-order valence-corrected chi connectivity index (χ1v) is 10.4. The van der Waals surface area contributed by atoms with Crippen molar-refractivity contribution in [3.8, 4) is 0 Å². The molecule has 0 unspecified atom stereocenters. The van der Waals surface area contributed by atoms with E-state index >= 15 is 0 Å². The van der Waals surface area contributed by atoms with Crippen LogP contribution in [0.5, 0.6) is 0 Å². The number of allylic oxidation sites excluding steroid dienone is 1. The lowest BCUT2D eigenvalue weighted by Gasteiger charge is -2.15. The molecule has 1 aromatic carbocycles. The fraction of sp³-hybridized carbons (Fsp3) is 0.481. The summed E-state index contributed by atoms with van der Waals surface area (Å²) in [7, 11) is 0. The summed E-state index contributed by atoms with van der Waals surface area (Å²) in [5, 5.41) is 0. The predicted octanol–water partition coefficient (Wildman–Crippen LogP) is 8.82. The Kier molecular flexibility index (Phi) is 11.5. The summed E-state index contributed by atoms with van der Waals surface area (Å²) in [4.78, 5) is 9.03. The molecule has 0 aliphatic heterocycles. The third kappa shape index (κ3) is 7.85. The highest BCUT2D eigenvalue weighted by atomic mass is 19.1. The van der Waals surface area contributed by atoms with Crippen LogP contribution in [0.25, 0.3) is 5.57 Å². The summed E-state index contributed by atoms with van der Waals surface area (Å²) in [5.74, 6) is 0.927. The van der Waals surface area contributed by atoms with Crippen molar-refractivity contribution in [1.82, 2.24) is 4.98 Å². The van der Waals surface area contributed by atoms with E-state index in [0.29, 0.717) is 11.6 Å². The lowest BCUT2D eigenvalue weighted by molar-refractivity contribution is 0.628. The monoisotopic (exact) mass is 412 g/mol. The first-order chi connectivity index (χ1) is 13.5. The van der Waals surface area contributed by atoms with E-state index in [1.54, 1.807) is 6.07 Å². The molecule has 0 radical (unpaired) electrons. The van der Waals surface area contributed by atoms with Crippen molar-refractivity contribution in [2.75, 3.05) is 0 Å². The standard InChI is InChI=1S/C22H27FN2.C4H10.CH4/c1-8-18(19-9-10-21(13(2)3)25-16(19)7)17-11-15(6)22(20(23)12-17)24-14(4)5;1-4(2)3;/h8-13H,1-7H3;4H,1-3H3;1H4/b18-8-;;. The molecule has 0 saturated heterocycles. The van der Waals surface area contributed by atoms with E-state index in [1.807, 2.05) is 46.8 Å². The number of halogens is 1. The summed E-state index contributed by atoms with van der Waals surface area (Å²) in [5.41, 5.74) is 7.01. The van der Waals surface area contributed by atoms with Crippen LogP contribution in [0.1, 0.15) is 96.8 Å². The number of aromatic nitrogens is 1. The highest BCUT2D eigenvalue weighted by molar-refractivity contribution is 5.84. The van der Waals surface area contributed by atoms with Gasteiger partial charge in [0, 0.05) is 22.7 Å². The third-order valence-electron chi connectivity index (χ3n) is 4.18. The molecule has 166 valence electrons. The number of aryl methyl sites for hydroxylation is 2. The zero-order valence-corrected chi connectivity index (χ0v) is 19.8. The van der Waals surface area contributed by atoms with E-state index in [9.17, 15) is 4.39 Å². The molecule has 0 aliphatic carbocycles. The normalized spacial score (nSPS) is 11.0. The fourth-order valence-electron chi connectivity index (χ4n) is 2.92. The number of pyridine rings is 1. The van der Waals surface area contributed by atoms with Crippen molar-refractivity contribution in [2.24, 2.45) is 10.9 Å². The Hall–Kier alpha value is -2.29. The number of aliphatic imine (C=N–C) groups is 1. The molecule has 1 aromatic heterocycles. The summed E-state index contributed by atoms with van der Waals surface area (Å²) >= 11 is 0. The van der Waals surface area contributed by atoms with Gasteiger partial charge >= 0.3 is 0 Å². The van der Waals surface area contributed by atoms with Crippen molar-refractivity contribution in [1.29, 1.82) is 0 Å². The molecule has 0 fully saturated rings. The van der Waals surface area contributed by atoms with Gasteiger partial charge < -0.3 is 0 Å². The summed E-state index contributed by atoms with van der Waals surface area (Å²) in [6.45, 7) is 20.4. The van der Waals surface area contributed by atoms with E-state index in [-0.39, 0.29) is 13.2 Å². The smallest absolute Gasteiger partial charge is 0.149 e. The number of hydrogen-bond acceptors (Lipinski definition) is 2. The topological polar surface area (TPSA) is 25.2 Å². The SMILES string of the molecule is C.C/C=C(/c1cc(C)c(N=C(C)C)c(F)c1)c1ccc(C(C)C)nc1C.CC(C)C. The van der Waals surface area contributed by atoms with E-state index in [2.05, 4.69) is 51.7 Å². The van der Waals surface area contributed by atoms with Gasteiger partial charge in [0.05, 0.1) is 0 Å². The zero-order valence-electron chi connectivity index (χ0n) is 19.8. The Morgan fingerprint density at radius 1 is 1.03 bits per heavy atom. The molecule has 0 bridgehead atoms. The molecule has 2 rings (SSSR count). The number of rotatable bonds is 4. The summed E-state index contributed by atoms with van der Waals surface area (Å²) in [6, 6.07) is 7.71. The molecule has 0 saturated carbocycles. The van der Waals surface area contributed by atoms with Crippen LogP contribution in [0.3, 0.4) is 0 Å². The maximum Gasteiger partial charge on any atom is 0.149 e. The van der Waals surface area contributed by atoms with Gasteiger partial charge in [-0.3, -0.25) is 9.98 Å². The van der Waals surface area contributed by atoms with Gasteiger partial charge in [-0.25, -0.2) is 4.39 Å². The van der Waals surface area contributed by atoms with Crippen LogP contribution in [0.15, 0.2) is 35.3 Å². The molecule has 3 heteroatoms. The molecule has 0 spiro atoms. The Balaban J connectivity index is 0.00000154. The molecule has 2 aromatic rings. The van der Waals surface area contributed by atoms with Crippen LogP contribution < -0.4 is 0 Å². The lowest BCUT2D eigenvalue weighted by atomic mass is 9.94. The second-order valence-corrected chi connectivity index (χ2v) is 8.64. The minimum Gasteiger partial charge on any atom is -0.257 e. The minimum absolute atomic E-state index is 0. The van der Waals surface area contributed by atoms with E-state index in [1.165, 1.54) is 0 Å². The average Bonchev–Trinajstić information content (AvgIpc) is 2.59. The molecular formula is C27H41FN2. The zero-order chi connectivity index (χ0) is 22.3. The summed E-state index contributed by atoms with van der Waals surface area (Å²) < 4.78 is 14.6. The van der Waals surface area contributed by atoms with Crippen molar-refractivity contribution in [3.05, 3.63) is 64.2 Å². The van der Waals surface area contributed by atoms with Crippen LogP contribution >= 0.6 is 0 Å². The lowest BCUT2D eigenvalue weighted by Crippen LogP contribution is -2.00. The number of nitrogens with zero attached hydrogens (tertiary/aromatic N) is 2. The van der Waals surface area contributed by atoms with Gasteiger partial charge in [0.15, 0.2) is 0 Å². The second kappa shape index (κ2) is 12.4. The number of hydrogen-bond donors (Lipinski definition) is 0. The Labute approximate surface area is 184 Å².